The zero-order valence-corrected chi connectivity index (χ0v) is 13.7. The van der Waals surface area contributed by atoms with Crippen molar-refractivity contribution in [2.24, 2.45) is 5.92 Å². The molecule has 2 fully saturated rings. The van der Waals surface area contributed by atoms with Crippen LogP contribution in [0.4, 0.5) is 4.39 Å². The van der Waals surface area contributed by atoms with Crippen molar-refractivity contribution >= 4 is 24.0 Å². The molecule has 2 unspecified atom stereocenters. The molecule has 0 aliphatic carbocycles. The van der Waals surface area contributed by atoms with E-state index in [0.717, 1.165) is 31.7 Å². The molecule has 1 aromatic rings. The first-order chi connectivity index (χ1) is 9.66. The number of nitrogens with one attached hydrogen (secondary N) is 1. The highest BCUT2D eigenvalue weighted by molar-refractivity contribution is 6.30. The number of likely N-dealkylation sites (tertiary alicyclic amines) is 1. The van der Waals surface area contributed by atoms with Crippen LogP contribution in [0, 0.1) is 5.92 Å². The summed E-state index contributed by atoms with van der Waals surface area (Å²) < 4.78 is 15.1. The molecule has 0 radical (unpaired) electrons. The second kappa shape index (κ2) is 7.28. The maximum absolute atomic E-state index is 15.1. The predicted octanol–water partition coefficient (Wildman–Crippen LogP) is 3.63. The van der Waals surface area contributed by atoms with Crippen molar-refractivity contribution in [3.63, 3.8) is 0 Å². The Balaban J connectivity index is 0.00000161. The summed E-state index contributed by atoms with van der Waals surface area (Å²) in [5.41, 5.74) is -0.498. The quantitative estimate of drug-likeness (QED) is 0.909. The molecule has 21 heavy (non-hydrogen) atoms. The highest BCUT2D eigenvalue weighted by Gasteiger charge is 2.40. The van der Waals surface area contributed by atoms with E-state index < -0.39 is 5.67 Å². The van der Waals surface area contributed by atoms with Crippen molar-refractivity contribution < 1.29 is 4.39 Å². The Morgan fingerprint density at radius 3 is 3.00 bits per heavy atom. The molecule has 2 aliphatic rings. The van der Waals surface area contributed by atoms with E-state index >= 15 is 4.39 Å². The Bertz CT molecular complexity index is 465. The van der Waals surface area contributed by atoms with Gasteiger partial charge in [-0.15, -0.1) is 12.4 Å². The molecular formula is C16H23Cl2FN2. The number of halogens is 3. The number of alkyl halides is 1. The lowest BCUT2D eigenvalue weighted by atomic mass is 9.95. The van der Waals surface area contributed by atoms with Gasteiger partial charge in [-0.3, -0.25) is 4.90 Å². The molecule has 1 aromatic carbocycles. The monoisotopic (exact) mass is 332 g/mol. The third-order valence-electron chi connectivity index (χ3n) is 4.56. The van der Waals surface area contributed by atoms with Gasteiger partial charge in [0.1, 0.15) is 5.67 Å². The van der Waals surface area contributed by atoms with E-state index in [1.165, 1.54) is 12.8 Å². The van der Waals surface area contributed by atoms with E-state index in [1.807, 2.05) is 12.1 Å². The van der Waals surface area contributed by atoms with Crippen molar-refractivity contribution in [2.45, 2.75) is 24.9 Å². The van der Waals surface area contributed by atoms with Crippen molar-refractivity contribution in [1.29, 1.82) is 0 Å². The first-order valence-corrected chi connectivity index (χ1v) is 7.91. The molecule has 2 heterocycles. The smallest absolute Gasteiger partial charge is 0.149 e. The van der Waals surface area contributed by atoms with Crippen LogP contribution in [-0.2, 0) is 5.67 Å². The minimum absolute atomic E-state index is 0. The fourth-order valence-electron chi connectivity index (χ4n) is 3.45. The number of hydrogen-bond acceptors (Lipinski definition) is 2. The Morgan fingerprint density at radius 2 is 2.29 bits per heavy atom. The second-order valence-corrected chi connectivity index (χ2v) is 6.61. The third kappa shape index (κ3) is 4.10. The van der Waals surface area contributed by atoms with Gasteiger partial charge in [0.25, 0.3) is 0 Å². The Labute approximate surface area is 137 Å². The predicted molar refractivity (Wildman–Crippen MR) is 88.1 cm³/mol. The van der Waals surface area contributed by atoms with Crippen molar-refractivity contribution in [2.75, 3.05) is 32.7 Å². The summed E-state index contributed by atoms with van der Waals surface area (Å²) in [5.74, 6) is 0.672. The zero-order chi connectivity index (χ0) is 14.0. The number of hydrogen-bond donors (Lipinski definition) is 1. The van der Waals surface area contributed by atoms with Crippen molar-refractivity contribution in [3.05, 3.63) is 34.9 Å². The van der Waals surface area contributed by atoms with E-state index in [-0.39, 0.29) is 12.4 Å². The fraction of sp³-hybridized carbons (Fsp3) is 0.625. The van der Waals surface area contributed by atoms with Gasteiger partial charge < -0.3 is 5.32 Å². The minimum Gasteiger partial charge on any atom is -0.316 e. The van der Waals surface area contributed by atoms with Gasteiger partial charge in [-0.25, -0.2) is 4.39 Å². The van der Waals surface area contributed by atoms with E-state index in [9.17, 15) is 0 Å². The largest absolute Gasteiger partial charge is 0.316 e. The molecule has 0 aromatic heterocycles. The molecular weight excluding hydrogens is 310 g/mol. The molecule has 5 heteroatoms. The summed E-state index contributed by atoms with van der Waals surface area (Å²) in [7, 11) is 0. The molecule has 2 atom stereocenters. The van der Waals surface area contributed by atoms with Crippen LogP contribution in [0.15, 0.2) is 24.3 Å². The van der Waals surface area contributed by atoms with Crippen LogP contribution in [0.25, 0.3) is 0 Å². The molecule has 1 N–H and O–H groups in total. The summed E-state index contributed by atoms with van der Waals surface area (Å²) in [4.78, 5) is 2.28. The van der Waals surface area contributed by atoms with Gasteiger partial charge in [-0.05, 0) is 56.0 Å². The first-order valence-electron chi connectivity index (χ1n) is 7.54. The van der Waals surface area contributed by atoms with Crippen LogP contribution < -0.4 is 5.32 Å². The van der Waals surface area contributed by atoms with Crippen LogP contribution in [0.5, 0.6) is 0 Å². The van der Waals surface area contributed by atoms with Gasteiger partial charge in [0, 0.05) is 24.7 Å². The van der Waals surface area contributed by atoms with Crippen molar-refractivity contribution in [3.8, 4) is 0 Å². The minimum atomic E-state index is -1.23. The Kier molecular flexibility index (Phi) is 5.89. The first kappa shape index (κ1) is 17.0. The lowest BCUT2D eigenvalue weighted by Gasteiger charge is -2.28. The van der Waals surface area contributed by atoms with Gasteiger partial charge in [0.15, 0.2) is 0 Å². The number of piperidine rings is 1. The maximum atomic E-state index is 15.1. The van der Waals surface area contributed by atoms with Gasteiger partial charge in [0.2, 0.25) is 0 Å². The van der Waals surface area contributed by atoms with Gasteiger partial charge >= 0.3 is 0 Å². The maximum Gasteiger partial charge on any atom is 0.149 e. The molecule has 0 saturated carbocycles. The molecule has 2 aliphatic heterocycles. The average molecular weight is 333 g/mol. The second-order valence-electron chi connectivity index (χ2n) is 6.17. The van der Waals surface area contributed by atoms with Crippen LogP contribution in [0.2, 0.25) is 5.02 Å². The van der Waals surface area contributed by atoms with Gasteiger partial charge in [-0.1, -0.05) is 23.7 Å². The van der Waals surface area contributed by atoms with Crippen LogP contribution in [-0.4, -0.2) is 37.6 Å². The van der Waals surface area contributed by atoms with Crippen LogP contribution in [0.3, 0.4) is 0 Å². The lowest BCUT2D eigenvalue weighted by Crippen LogP contribution is -2.38. The topological polar surface area (TPSA) is 15.3 Å². The standard InChI is InChI=1S/C16H22ClFN2.ClH/c17-15-5-1-4-14(9-15)16(18)6-8-20(12-16)11-13-3-2-7-19-10-13;/h1,4-5,9,13,19H,2-3,6-8,10-12H2;1H. The van der Waals surface area contributed by atoms with E-state index in [2.05, 4.69) is 10.2 Å². The summed E-state index contributed by atoms with van der Waals surface area (Å²) >= 11 is 5.99. The van der Waals surface area contributed by atoms with E-state index in [0.29, 0.717) is 23.9 Å². The highest BCUT2D eigenvalue weighted by atomic mass is 35.5. The third-order valence-corrected chi connectivity index (χ3v) is 4.79. The summed E-state index contributed by atoms with van der Waals surface area (Å²) in [6.07, 6.45) is 3.08. The van der Waals surface area contributed by atoms with E-state index in [1.54, 1.807) is 12.1 Å². The van der Waals surface area contributed by atoms with Crippen LogP contribution >= 0.6 is 24.0 Å². The molecule has 2 nitrogen and oxygen atoms in total. The lowest BCUT2D eigenvalue weighted by molar-refractivity contribution is 0.155. The van der Waals surface area contributed by atoms with Crippen molar-refractivity contribution in [1.82, 2.24) is 10.2 Å². The zero-order valence-electron chi connectivity index (χ0n) is 12.2. The number of nitrogens with zero attached hydrogens (tertiary/aromatic N) is 1. The summed E-state index contributed by atoms with van der Waals surface area (Å²) in [6, 6.07) is 7.27. The Morgan fingerprint density at radius 1 is 1.43 bits per heavy atom. The molecule has 3 rings (SSSR count). The van der Waals surface area contributed by atoms with Gasteiger partial charge in [0.05, 0.1) is 0 Å². The molecule has 118 valence electrons. The SMILES string of the molecule is Cl.FC1(c2cccc(Cl)c2)CCN(CC2CCCNC2)C1. The Hall–Kier alpha value is -0.350. The highest BCUT2D eigenvalue weighted by Crippen LogP contribution is 2.37. The summed E-state index contributed by atoms with van der Waals surface area (Å²) in [6.45, 7) is 4.57. The molecule has 0 amide bonds. The fourth-order valence-corrected chi connectivity index (χ4v) is 3.64. The molecule has 0 bridgehead atoms. The van der Waals surface area contributed by atoms with E-state index in [4.69, 9.17) is 11.6 Å². The van der Waals surface area contributed by atoms with Crippen LogP contribution in [0.1, 0.15) is 24.8 Å². The molecule has 2 saturated heterocycles. The van der Waals surface area contributed by atoms with Gasteiger partial charge in [-0.2, -0.15) is 0 Å². The normalized spacial score (nSPS) is 30.1. The number of benzene rings is 1. The average Bonchev–Trinajstić information content (AvgIpc) is 2.83. The molecule has 0 spiro atoms. The number of rotatable bonds is 3. The summed E-state index contributed by atoms with van der Waals surface area (Å²) in [5, 5.41) is 4.05.